The molecule has 0 spiro atoms. The van der Waals surface area contributed by atoms with Gasteiger partial charge in [-0.2, -0.15) is 0 Å². The maximum atomic E-state index is 11.9. The third-order valence-corrected chi connectivity index (χ3v) is 4.24. The summed E-state index contributed by atoms with van der Waals surface area (Å²) in [5.41, 5.74) is 2.36. The van der Waals surface area contributed by atoms with Gasteiger partial charge in [0.05, 0.1) is 19.9 Å². The zero-order valence-corrected chi connectivity index (χ0v) is 16.8. The molecule has 142 valence electrons. The molecule has 0 aromatic heterocycles. The van der Waals surface area contributed by atoms with E-state index in [0.29, 0.717) is 22.7 Å². The van der Waals surface area contributed by atoms with E-state index in [4.69, 9.17) is 14.2 Å². The lowest BCUT2D eigenvalue weighted by atomic mass is 10.2. The smallest absolute Gasteiger partial charge is 0.331 e. The number of anilines is 1. The number of rotatable bonds is 7. The first-order chi connectivity index (χ1) is 12.9. The van der Waals surface area contributed by atoms with Crippen molar-refractivity contribution in [3.05, 3.63) is 58.1 Å². The zero-order valence-electron chi connectivity index (χ0n) is 15.2. The Hall–Kier alpha value is -2.80. The van der Waals surface area contributed by atoms with E-state index in [1.807, 2.05) is 19.1 Å². The molecule has 0 aliphatic carbocycles. The summed E-state index contributed by atoms with van der Waals surface area (Å²) >= 11 is 3.38. The summed E-state index contributed by atoms with van der Waals surface area (Å²) in [5, 5.41) is 2.68. The van der Waals surface area contributed by atoms with E-state index in [1.54, 1.807) is 37.5 Å². The van der Waals surface area contributed by atoms with E-state index in [9.17, 15) is 9.59 Å². The van der Waals surface area contributed by atoms with Crippen LogP contribution in [0.5, 0.6) is 11.5 Å². The molecule has 0 radical (unpaired) electrons. The number of nitrogens with one attached hydrogen (secondary N) is 1. The Morgan fingerprint density at radius 1 is 1.11 bits per heavy atom. The van der Waals surface area contributed by atoms with Crippen LogP contribution in [0.2, 0.25) is 0 Å². The highest BCUT2D eigenvalue weighted by atomic mass is 79.9. The molecular formula is C20H20BrNO5. The third-order valence-electron chi connectivity index (χ3n) is 3.58. The number of hydrogen-bond acceptors (Lipinski definition) is 5. The quantitative estimate of drug-likeness (QED) is 0.528. The molecule has 0 aliphatic heterocycles. The molecule has 0 heterocycles. The number of benzene rings is 2. The van der Waals surface area contributed by atoms with Crippen LogP contribution in [0, 0.1) is 6.92 Å². The molecule has 0 bridgehead atoms. The van der Waals surface area contributed by atoms with Crippen molar-refractivity contribution in [2.75, 3.05) is 26.1 Å². The number of ether oxygens (including phenoxy) is 3. The highest BCUT2D eigenvalue weighted by Crippen LogP contribution is 2.25. The molecule has 7 heteroatoms. The SMILES string of the molecule is COc1ccc(/C=C/C(=O)OCC(=O)Nc2ccc(C)cc2Br)c(OC)c1. The van der Waals surface area contributed by atoms with Crippen LogP contribution in [0.1, 0.15) is 11.1 Å². The number of esters is 1. The minimum absolute atomic E-state index is 0.386. The molecule has 0 atom stereocenters. The molecule has 0 saturated heterocycles. The van der Waals surface area contributed by atoms with Crippen molar-refractivity contribution in [1.29, 1.82) is 0 Å². The van der Waals surface area contributed by atoms with E-state index in [-0.39, 0.29) is 6.61 Å². The lowest BCUT2D eigenvalue weighted by molar-refractivity contribution is -0.142. The first-order valence-corrected chi connectivity index (χ1v) is 8.85. The average molecular weight is 434 g/mol. The van der Waals surface area contributed by atoms with Crippen molar-refractivity contribution in [3.8, 4) is 11.5 Å². The summed E-state index contributed by atoms with van der Waals surface area (Å²) in [6, 6.07) is 10.7. The van der Waals surface area contributed by atoms with E-state index in [0.717, 1.165) is 10.0 Å². The van der Waals surface area contributed by atoms with Crippen molar-refractivity contribution in [3.63, 3.8) is 0 Å². The van der Waals surface area contributed by atoms with Gasteiger partial charge in [-0.25, -0.2) is 4.79 Å². The van der Waals surface area contributed by atoms with Crippen LogP contribution in [0.25, 0.3) is 6.08 Å². The van der Waals surface area contributed by atoms with Gasteiger partial charge in [0.25, 0.3) is 5.91 Å². The number of amides is 1. The minimum Gasteiger partial charge on any atom is -0.497 e. The van der Waals surface area contributed by atoms with Gasteiger partial charge in [0, 0.05) is 22.2 Å². The van der Waals surface area contributed by atoms with Crippen molar-refractivity contribution in [1.82, 2.24) is 0 Å². The molecule has 0 saturated carbocycles. The van der Waals surface area contributed by atoms with Crippen LogP contribution in [-0.4, -0.2) is 32.7 Å². The van der Waals surface area contributed by atoms with Crippen LogP contribution in [0.15, 0.2) is 46.9 Å². The molecule has 2 rings (SSSR count). The molecule has 0 unspecified atom stereocenters. The molecule has 0 fully saturated rings. The molecule has 2 aromatic rings. The standard InChI is InChI=1S/C20H20BrNO5/c1-13-4-8-17(16(21)10-13)22-19(23)12-27-20(24)9-6-14-5-7-15(25-2)11-18(14)26-3/h4-11H,12H2,1-3H3,(H,22,23)/b9-6+. The number of carbonyl (C=O) groups excluding carboxylic acids is 2. The molecule has 6 nitrogen and oxygen atoms in total. The normalized spacial score (nSPS) is 10.5. The second kappa shape index (κ2) is 9.78. The van der Waals surface area contributed by atoms with Crippen molar-refractivity contribution < 1.29 is 23.8 Å². The lowest BCUT2D eigenvalue weighted by Gasteiger charge is -2.08. The molecule has 2 aromatic carbocycles. The second-order valence-electron chi connectivity index (χ2n) is 5.58. The first kappa shape index (κ1) is 20.5. The Bertz CT molecular complexity index is 863. The first-order valence-electron chi connectivity index (χ1n) is 8.06. The fraction of sp³-hybridized carbons (Fsp3) is 0.200. The van der Waals surface area contributed by atoms with Crippen LogP contribution in [0.4, 0.5) is 5.69 Å². The van der Waals surface area contributed by atoms with Gasteiger partial charge in [-0.3, -0.25) is 4.79 Å². The highest BCUT2D eigenvalue weighted by Gasteiger charge is 2.09. The molecule has 1 amide bonds. The second-order valence-corrected chi connectivity index (χ2v) is 6.43. The summed E-state index contributed by atoms with van der Waals surface area (Å²) in [6.45, 7) is 1.56. The van der Waals surface area contributed by atoms with E-state index in [2.05, 4.69) is 21.2 Å². The average Bonchev–Trinajstić information content (AvgIpc) is 2.66. The predicted octanol–water partition coefficient (Wildman–Crippen LogP) is 3.97. The van der Waals surface area contributed by atoms with Crippen LogP contribution >= 0.6 is 15.9 Å². The molecular weight excluding hydrogens is 414 g/mol. The Labute approximate surface area is 166 Å². The summed E-state index contributed by atoms with van der Waals surface area (Å²) in [5.74, 6) is 0.139. The third kappa shape index (κ3) is 6.14. The number of halogens is 1. The Morgan fingerprint density at radius 2 is 1.89 bits per heavy atom. The number of aryl methyl sites for hydroxylation is 1. The monoisotopic (exact) mass is 433 g/mol. The highest BCUT2D eigenvalue weighted by molar-refractivity contribution is 9.10. The van der Waals surface area contributed by atoms with Gasteiger partial charge in [-0.05, 0) is 58.8 Å². The fourth-order valence-corrected chi connectivity index (χ4v) is 2.80. The maximum absolute atomic E-state index is 11.9. The number of carbonyl (C=O) groups is 2. The summed E-state index contributed by atoms with van der Waals surface area (Å²) in [4.78, 5) is 23.8. The summed E-state index contributed by atoms with van der Waals surface area (Å²) < 4.78 is 16.1. The van der Waals surface area contributed by atoms with Gasteiger partial charge in [-0.15, -0.1) is 0 Å². The van der Waals surface area contributed by atoms with Crippen LogP contribution < -0.4 is 14.8 Å². The molecule has 27 heavy (non-hydrogen) atoms. The van der Waals surface area contributed by atoms with E-state index < -0.39 is 11.9 Å². The zero-order chi connectivity index (χ0) is 19.8. The van der Waals surface area contributed by atoms with E-state index >= 15 is 0 Å². The van der Waals surface area contributed by atoms with Gasteiger partial charge < -0.3 is 19.5 Å². The topological polar surface area (TPSA) is 73.9 Å². The lowest BCUT2D eigenvalue weighted by Crippen LogP contribution is -2.20. The van der Waals surface area contributed by atoms with Gasteiger partial charge in [0.15, 0.2) is 6.61 Å². The van der Waals surface area contributed by atoms with Gasteiger partial charge in [-0.1, -0.05) is 6.07 Å². The summed E-state index contributed by atoms with van der Waals surface area (Å²) in [7, 11) is 3.08. The van der Waals surface area contributed by atoms with Crippen LogP contribution in [-0.2, 0) is 14.3 Å². The van der Waals surface area contributed by atoms with E-state index in [1.165, 1.54) is 13.2 Å². The largest absolute Gasteiger partial charge is 0.497 e. The Kier molecular flexibility index (Phi) is 7.43. The Balaban J connectivity index is 1.90. The van der Waals surface area contributed by atoms with Crippen molar-refractivity contribution in [2.24, 2.45) is 0 Å². The Morgan fingerprint density at radius 3 is 2.56 bits per heavy atom. The number of hydrogen-bond donors (Lipinski definition) is 1. The minimum atomic E-state index is -0.633. The van der Waals surface area contributed by atoms with Crippen LogP contribution in [0.3, 0.4) is 0 Å². The van der Waals surface area contributed by atoms with Gasteiger partial charge >= 0.3 is 5.97 Å². The fourth-order valence-electron chi connectivity index (χ4n) is 2.21. The molecule has 1 N–H and O–H groups in total. The van der Waals surface area contributed by atoms with Gasteiger partial charge in [0.1, 0.15) is 11.5 Å². The predicted molar refractivity (Wildman–Crippen MR) is 107 cm³/mol. The maximum Gasteiger partial charge on any atom is 0.331 e. The molecule has 0 aliphatic rings. The summed E-state index contributed by atoms with van der Waals surface area (Å²) in [6.07, 6.45) is 2.79. The van der Waals surface area contributed by atoms with Crippen molar-refractivity contribution >= 4 is 39.6 Å². The van der Waals surface area contributed by atoms with Crippen molar-refractivity contribution in [2.45, 2.75) is 6.92 Å². The van der Waals surface area contributed by atoms with Gasteiger partial charge in [0.2, 0.25) is 0 Å². The number of methoxy groups -OCH3 is 2.